The number of nitrogens with zero attached hydrogens (tertiary/aromatic N) is 1. The SMILES string of the molecule is CCCC(N)C(=O)NCC1CCN(C(=O)C(F)(F)F)CC1.Cl. The van der Waals surface area contributed by atoms with Crippen molar-refractivity contribution in [1.29, 1.82) is 0 Å². The lowest BCUT2D eigenvalue weighted by Crippen LogP contribution is -2.48. The highest BCUT2D eigenvalue weighted by atomic mass is 35.5. The molecule has 1 atom stereocenters. The van der Waals surface area contributed by atoms with Crippen LogP contribution in [0.5, 0.6) is 0 Å². The Morgan fingerprint density at radius 3 is 2.32 bits per heavy atom. The third-order valence-corrected chi connectivity index (χ3v) is 3.65. The number of piperidine rings is 1. The number of rotatable bonds is 5. The molecule has 22 heavy (non-hydrogen) atoms. The Morgan fingerprint density at radius 1 is 1.32 bits per heavy atom. The van der Waals surface area contributed by atoms with Gasteiger partial charge in [0.1, 0.15) is 0 Å². The first-order chi connectivity index (χ1) is 9.75. The van der Waals surface area contributed by atoms with Gasteiger partial charge in [0.25, 0.3) is 0 Å². The molecule has 1 heterocycles. The summed E-state index contributed by atoms with van der Waals surface area (Å²) in [5, 5.41) is 2.72. The first-order valence-corrected chi connectivity index (χ1v) is 7.15. The topological polar surface area (TPSA) is 75.4 Å². The number of carbonyl (C=O) groups is 2. The minimum Gasteiger partial charge on any atom is -0.354 e. The Morgan fingerprint density at radius 2 is 1.86 bits per heavy atom. The van der Waals surface area contributed by atoms with Crippen molar-refractivity contribution in [3.8, 4) is 0 Å². The van der Waals surface area contributed by atoms with Crippen LogP contribution in [-0.2, 0) is 9.59 Å². The van der Waals surface area contributed by atoms with Crippen molar-refractivity contribution in [3.63, 3.8) is 0 Å². The van der Waals surface area contributed by atoms with E-state index >= 15 is 0 Å². The smallest absolute Gasteiger partial charge is 0.354 e. The normalized spacial score (nSPS) is 17.6. The summed E-state index contributed by atoms with van der Waals surface area (Å²) in [6, 6.07) is -0.540. The predicted molar refractivity (Wildman–Crippen MR) is 78.5 cm³/mol. The molecule has 1 aliphatic heterocycles. The van der Waals surface area contributed by atoms with Crippen molar-refractivity contribution in [2.24, 2.45) is 11.7 Å². The fraction of sp³-hybridized carbons (Fsp3) is 0.846. The van der Waals surface area contributed by atoms with Crippen molar-refractivity contribution in [3.05, 3.63) is 0 Å². The molecule has 2 amide bonds. The molecule has 9 heteroatoms. The van der Waals surface area contributed by atoms with Gasteiger partial charge in [-0.05, 0) is 25.2 Å². The van der Waals surface area contributed by atoms with Gasteiger partial charge in [-0.3, -0.25) is 9.59 Å². The average molecular weight is 346 g/mol. The second-order valence-corrected chi connectivity index (χ2v) is 5.37. The molecule has 0 aromatic heterocycles. The summed E-state index contributed by atoms with van der Waals surface area (Å²) in [5.41, 5.74) is 5.66. The zero-order chi connectivity index (χ0) is 16.0. The maximum absolute atomic E-state index is 12.3. The largest absolute Gasteiger partial charge is 0.471 e. The summed E-state index contributed by atoms with van der Waals surface area (Å²) in [6.45, 7) is 2.46. The molecule has 0 aromatic carbocycles. The highest BCUT2D eigenvalue weighted by Gasteiger charge is 2.43. The third kappa shape index (κ3) is 6.39. The minimum absolute atomic E-state index is 0. The first-order valence-electron chi connectivity index (χ1n) is 7.15. The molecule has 1 rings (SSSR count). The number of hydrogen-bond acceptors (Lipinski definition) is 3. The first kappa shape index (κ1) is 21.0. The van der Waals surface area contributed by atoms with E-state index in [0.717, 1.165) is 11.3 Å². The molecule has 0 saturated carbocycles. The molecule has 3 N–H and O–H groups in total. The molecule has 130 valence electrons. The lowest BCUT2D eigenvalue weighted by atomic mass is 9.96. The zero-order valence-electron chi connectivity index (χ0n) is 12.5. The Kier molecular flexibility index (Phi) is 8.77. The maximum Gasteiger partial charge on any atom is 0.471 e. The van der Waals surface area contributed by atoms with Crippen molar-refractivity contribution in [2.75, 3.05) is 19.6 Å². The van der Waals surface area contributed by atoms with Gasteiger partial charge in [-0.25, -0.2) is 0 Å². The molecule has 5 nitrogen and oxygen atoms in total. The summed E-state index contributed by atoms with van der Waals surface area (Å²) < 4.78 is 36.9. The van der Waals surface area contributed by atoms with Gasteiger partial charge < -0.3 is 16.0 Å². The van der Waals surface area contributed by atoms with Gasteiger partial charge in [-0.15, -0.1) is 12.4 Å². The second kappa shape index (κ2) is 9.19. The predicted octanol–water partition coefficient (Wildman–Crippen LogP) is 1.45. The summed E-state index contributed by atoms with van der Waals surface area (Å²) in [6.07, 6.45) is -2.50. The van der Waals surface area contributed by atoms with E-state index in [9.17, 15) is 22.8 Å². The number of alkyl halides is 3. The van der Waals surface area contributed by atoms with E-state index in [1.807, 2.05) is 6.92 Å². The molecule has 0 aliphatic carbocycles. The monoisotopic (exact) mass is 345 g/mol. The lowest BCUT2D eigenvalue weighted by Gasteiger charge is -2.32. The van der Waals surface area contributed by atoms with E-state index in [4.69, 9.17) is 5.73 Å². The van der Waals surface area contributed by atoms with Crippen molar-refractivity contribution in [2.45, 2.75) is 44.8 Å². The van der Waals surface area contributed by atoms with Gasteiger partial charge in [0.2, 0.25) is 5.91 Å². The van der Waals surface area contributed by atoms with E-state index in [0.29, 0.717) is 25.8 Å². The van der Waals surface area contributed by atoms with Gasteiger partial charge in [0, 0.05) is 19.6 Å². The molecule has 1 fully saturated rings. The summed E-state index contributed by atoms with van der Waals surface area (Å²) in [7, 11) is 0. The van der Waals surface area contributed by atoms with E-state index in [2.05, 4.69) is 5.32 Å². The van der Waals surface area contributed by atoms with Crippen LogP contribution in [0.15, 0.2) is 0 Å². The molecular formula is C13H23ClF3N3O2. The molecular weight excluding hydrogens is 323 g/mol. The van der Waals surface area contributed by atoms with Crippen LogP contribution in [0.1, 0.15) is 32.6 Å². The fourth-order valence-electron chi connectivity index (χ4n) is 2.34. The zero-order valence-corrected chi connectivity index (χ0v) is 13.3. The van der Waals surface area contributed by atoms with E-state index in [-0.39, 0.29) is 37.3 Å². The Hall–Kier alpha value is -1.02. The number of likely N-dealkylation sites (tertiary alicyclic amines) is 1. The Bertz CT molecular complexity index is 372. The number of carbonyl (C=O) groups excluding carboxylic acids is 2. The molecule has 1 aliphatic rings. The van der Waals surface area contributed by atoms with Gasteiger partial charge in [0.15, 0.2) is 0 Å². The van der Waals surface area contributed by atoms with E-state index < -0.39 is 18.1 Å². The lowest BCUT2D eigenvalue weighted by molar-refractivity contribution is -0.186. The van der Waals surface area contributed by atoms with Crippen molar-refractivity contribution in [1.82, 2.24) is 10.2 Å². The second-order valence-electron chi connectivity index (χ2n) is 5.37. The highest BCUT2D eigenvalue weighted by molar-refractivity contribution is 5.85. The average Bonchev–Trinajstić information content (AvgIpc) is 2.43. The van der Waals surface area contributed by atoms with Gasteiger partial charge in [0.05, 0.1) is 6.04 Å². The van der Waals surface area contributed by atoms with Crippen LogP contribution in [0.4, 0.5) is 13.2 Å². The van der Waals surface area contributed by atoms with E-state index in [1.54, 1.807) is 0 Å². The number of hydrogen-bond donors (Lipinski definition) is 2. The van der Waals surface area contributed by atoms with Crippen LogP contribution >= 0.6 is 12.4 Å². The summed E-state index contributed by atoms with van der Waals surface area (Å²) in [5.74, 6) is -1.93. The quantitative estimate of drug-likeness (QED) is 0.792. The van der Waals surface area contributed by atoms with Gasteiger partial charge in [-0.2, -0.15) is 13.2 Å². The molecule has 0 radical (unpaired) electrons. The van der Waals surface area contributed by atoms with Crippen LogP contribution in [0.2, 0.25) is 0 Å². The molecule has 0 spiro atoms. The molecule has 0 aromatic rings. The third-order valence-electron chi connectivity index (χ3n) is 3.65. The van der Waals surface area contributed by atoms with Gasteiger partial charge in [-0.1, -0.05) is 13.3 Å². The number of nitrogens with one attached hydrogen (secondary N) is 1. The fourth-order valence-corrected chi connectivity index (χ4v) is 2.34. The van der Waals surface area contributed by atoms with Crippen molar-refractivity contribution >= 4 is 24.2 Å². The minimum atomic E-state index is -4.81. The Balaban J connectivity index is 0.00000441. The highest BCUT2D eigenvalue weighted by Crippen LogP contribution is 2.23. The number of nitrogens with two attached hydrogens (primary N) is 1. The van der Waals surface area contributed by atoms with Crippen LogP contribution < -0.4 is 11.1 Å². The molecule has 1 saturated heterocycles. The van der Waals surface area contributed by atoms with E-state index in [1.165, 1.54) is 0 Å². The summed E-state index contributed by atoms with van der Waals surface area (Å²) in [4.78, 5) is 23.5. The maximum atomic E-state index is 12.3. The summed E-state index contributed by atoms with van der Waals surface area (Å²) >= 11 is 0. The van der Waals surface area contributed by atoms with Crippen LogP contribution in [0.25, 0.3) is 0 Å². The Labute approximate surface area is 134 Å². The number of amides is 2. The van der Waals surface area contributed by atoms with Crippen LogP contribution in [0, 0.1) is 5.92 Å². The van der Waals surface area contributed by atoms with Crippen LogP contribution in [0.3, 0.4) is 0 Å². The number of halogens is 4. The molecule has 0 bridgehead atoms. The standard InChI is InChI=1S/C13H22F3N3O2.ClH/c1-2-3-10(17)11(20)18-8-9-4-6-19(7-5-9)12(21)13(14,15)16;/h9-10H,2-8,17H2,1H3,(H,18,20);1H. The van der Waals surface area contributed by atoms with Crippen LogP contribution in [-0.4, -0.2) is 48.6 Å². The van der Waals surface area contributed by atoms with Gasteiger partial charge >= 0.3 is 12.1 Å². The molecule has 1 unspecified atom stereocenters. The van der Waals surface area contributed by atoms with Crippen molar-refractivity contribution < 1.29 is 22.8 Å².